The summed E-state index contributed by atoms with van der Waals surface area (Å²) < 4.78 is 6.42. The maximum atomic E-state index is 5.39. The summed E-state index contributed by atoms with van der Waals surface area (Å²) in [5.41, 5.74) is 1.03. The van der Waals surface area contributed by atoms with Gasteiger partial charge in [-0.05, 0) is 18.2 Å². The largest absolute Gasteiger partial charge is 0.496 e. The Balaban J connectivity index is 2.24. The van der Waals surface area contributed by atoms with Gasteiger partial charge in [0.05, 0.1) is 12.7 Å². The average Bonchev–Trinajstić information content (AvgIpc) is 2.85. The number of aromatic nitrogens is 1. The first-order chi connectivity index (χ1) is 9.10. The van der Waals surface area contributed by atoms with Crippen LogP contribution in [0.15, 0.2) is 28.9 Å². The van der Waals surface area contributed by atoms with E-state index in [0.717, 1.165) is 27.3 Å². The fourth-order valence-electron chi connectivity index (χ4n) is 1.67. The number of thiazole rings is 1. The fourth-order valence-corrected chi connectivity index (χ4v) is 2.91. The molecule has 0 aliphatic carbocycles. The Bertz CT molecular complexity index is 554. The third-order valence-electron chi connectivity index (χ3n) is 2.63. The zero-order valence-electron chi connectivity index (χ0n) is 11.2. The third-order valence-corrected chi connectivity index (χ3v) is 4.15. The van der Waals surface area contributed by atoms with Gasteiger partial charge in [0.25, 0.3) is 0 Å². The quantitative estimate of drug-likeness (QED) is 0.890. The van der Waals surface area contributed by atoms with Crippen LogP contribution in [0.25, 0.3) is 10.6 Å². The predicted octanol–water partition coefficient (Wildman–Crippen LogP) is 4.08. The normalized spacial score (nSPS) is 11.0. The Hall–Kier alpha value is -0.910. The van der Waals surface area contributed by atoms with Gasteiger partial charge in [-0.1, -0.05) is 29.8 Å². The molecule has 0 aliphatic heterocycles. The van der Waals surface area contributed by atoms with Crippen LogP contribution < -0.4 is 10.1 Å². The Kier molecular flexibility index (Phi) is 4.96. The lowest BCUT2D eigenvalue weighted by atomic mass is 10.2. The molecule has 102 valence electrons. The topological polar surface area (TPSA) is 34.1 Å². The Morgan fingerprint density at radius 2 is 2.21 bits per heavy atom. The van der Waals surface area contributed by atoms with Gasteiger partial charge in [0.1, 0.15) is 10.8 Å². The summed E-state index contributed by atoms with van der Waals surface area (Å²) in [6.45, 7) is 5.13. The SMILES string of the molecule is COc1ccc(Br)cc1-c1ncc(CNC(C)C)s1. The summed E-state index contributed by atoms with van der Waals surface area (Å²) >= 11 is 5.18. The molecule has 0 bridgehead atoms. The first-order valence-corrected chi connectivity index (χ1v) is 7.73. The Labute approximate surface area is 126 Å². The molecule has 0 atom stereocenters. The van der Waals surface area contributed by atoms with Crippen LogP contribution in [0, 0.1) is 0 Å². The summed E-state index contributed by atoms with van der Waals surface area (Å²) in [5, 5.41) is 4.38. The second-order valence-corrected chi connectivity index (χ2v) is 6.54. The molecule has 19 heavy (non-hydrogen) atoms. The zero-order chi connectivity index (χ0) is 13.8. The molecule has 1 N–H and O–H groups in total. The van der Waals surface area contributed by atoms with Gasteiger partial charge in [-0.3, -0.25) is 0 Å². The molecule has 0 saturated carbocycles. The molecule has 0 spiro atoms. The van der Waals surface area contributed by atoms with Gasteiger partial charge in [-0.25, -0.2) is 4.98 Å². The molecule has 3 nitrogen and oxygen atoms in total. The zero-order valence-corrected chi connectivity index (χ0v) is 13.6. The number of benzene rings is 1. The molecule has 1 aromatic heterocycles. The highest BCUT2D eigenvalue weighted by Gasteiger charge is 2.11. The molecule has 5 heteroatoms. The minimum atomic E-state index is 0.478. The standard InChI is InChI=1S/C14H17BrN2OS/c1-9(2)16-7-11-8-17-14(19-11)12-6-10(15)4-5-13(12)18-3/h4-6,8-9,16H,7H2,1-3H3. The summed E-state index contributed by atoms with van der Waals surface area (Å²) in [6, 6.07) is 6.44. The number of ether oxygens (including phenoxy) is 1. The highest BCUT2D eigenvalue weighted by Crippen LogP contribution is 2.35. The van der Waals surface area contributed by atoms with Crippen molar-refractivity contribution in [2.75, 3.05) is 7.11 Å². The number of hydrogen-bond donors (Lipinski definition) is 1. The van der Waals surface area contributed by atoms with Crippen LogP contribution in [-0.2, 0) is 6.54 Å². The van der Waals surface area contributed by atoms with Crippen LogP contribution in [0.2, 0.25) is 0 Å². The number of methoxy groups -OCH3 is 1. The van der Waals surface area contributed by atoms with Gasteiger partial charge in [0.2, 0.25) is 0 Å². The second-order valence-electron chi connectivity index (χ2n) is 4.51. The Morgan fingerprint density at radius 3 is 2.89 bits per heavy atom. The van der Waals surface area contributed by atoms with E-state index in [0.29, 0.717) is 6.04 Å². The molecule has 2 rings (SSSR count). The van der Waals surface area contributed by atoms with E-state index in [-0.39, 0.29) is 0 Å². The van der Waals surface area contributed by atoms with Gasteiger partial charge in [0, 0.05) is 28.1 Å². The van der Waals surface area contributed by atoms with Crippen LogP contribution >= 0.6 is 27.3 Å². The van der Waals surface area contributed by atoms with Gasteiger partial charge >= 0.3 is 0 Å². The number of rotatable bonds is 5. The molecule has 0 amide bonds. The van der Waals surface area contributed by atoms with E-state index < -0.39 is 0 Å². The number of halogens is 1. The molecular formula is C14H17BrN2OS. The summed E-state index contributed by atoms with van der Waals surface area (Å²) in [6.07, 6.45) is 1.93. The maximum Gasteiger partial charge on any atom is 0.129 e. The van der Waals surface area contributed by atoms with E-state index in [1.165, 1.54) is 4.88 Å². The molecule has 2 aromatic rings. The van der Waals surface area contributed by atoms with Gasteiger partial charge < -0.3 is 10.1 Å². The monoisotopic (exact) mass is 340 g/mol. The first-order valence-electron chi connectivity index (χ1n) is 6.12. The van der Waals surface area contributed by atoms with Crippen molar-refractivity contribution in [1.82, 2.24) is 10.3 Å². The van der Waals surface area contributed by atoms with Gasteiger partial charge in [0.15, 0.2) is 0 Å². The van der Waals surface area contributed by atoms with Crippen LogP contribution in [0.1, 0.15) is 18.7 Å². The van der Waals surface area contributed by atoms with Crippen molar-refractivity contribution in [3.63, 3.8) is 0 Å². The van der Waals surface area contributed by atoms with Crippen molar-refractivity contribution in [2.24, 2.45) is 0 Å². The minimum Gasteiger partial charge on any atom is -0.496 e. The third kappa shape index (κ3) is 3.78. The molecule has 0 unspecified atom stereocenters. The lowest BCUT2D eigenvalue weighted by molar-refractivity contribution is 0.416. The van der Waals surface area contributed by atoms with E-state index in [4.69, 9.17) is 4.74 Å². The fraction of sp³-hybridized carbons (Fsp3) is 0.357. The van der Waals surface area contributed by atoms with E-state index in [1.807, 2.05) is 24.4 Å². The van der Waals surface area contributed by atoms with Crippen molar-refractivity contribution >= 4 is 27.3 Å². The van der Waals surface area contributed by atoms with Crippen LogP contribution in [0.4, 0.5) is 0 Å². The minimum absolute atomic E-state index is 0.478. The van der Waals surface area contributed by atoms with Crippen molar-refractivity contribution in [3.05, 3.63) is 33.7 Å². The smallest absolute Gasteiger partial charge is 0.129 e. The molecular weight excluding hydrogens is 324 g/mol. The molecule has 0 aliphatic rings. The second kappa shape index (κ2) is 6.50. The summed E-state index contributed by atoms with van der Waals surface area (Å²) in [4.78, 5) is 5.72. The highest BCUT2D eigenvalue weighted by molar-refractivity contribution is 9.10. The van der Waals surface area contributed by atoms with Crippen molar-refractivity contribution in [3.8, 4) is 16.3 Å². The molecule has 0 saturated heterocycles. The molecule has 0 radical (unpaired) electrons. The lowest BCUT2D eigenvalue weighted by Crippen LogP contribution is -2.21. The lowest BCUT2D eigenvalue weighted by Gasteiger charge is -2.06. The van der Waals surface area contributed by atoms with Crippen LogP contribution in [0.3, 0.4) is 0 Å². The number of hydrogen-bond acceptors (Lipinski definition) is 4. The molecule has 1 aromatic carbocycles. The number of nitrogens with one attached hydrogen (secondary N) is 1. The number of nitrogens with zero attached hydrogens (tertiary/aromatic N) is 1. The van der Waals surface area contributed by atoms with Crippen molar-refractivity contribution in [2.45, 2.75) is 26.4 Å². The van der Waals surface area contributed by atoms with Crippen molar-refractivity contribution in [1.29, 1.82) is 0 Å². The van der Waals surface area contributed by atoms with E-state index in [2.05, 4.69) is 40.1 Å². The summed E-state index contributed by atoms with van der Waals surface area (Å²) in [7, 11) is 1.68. The van der Waals surface area contributed by atoms with Crippen molar-refractivity contribution < 1.29 is 4.74 Å². The van der Waals surface area contributed by atoms with E-state index >= 15 is 0 Å². The average molecular weight is 341 g/mol. The Morgan fingerprint density at radius 1 is 1.42 bits per heavy atom. The van der Waals surface area contributed by atoms with Gasteiger partial charge in [-0.2, -0.15) is 0 Å². The molecule has 1 heterocycles. The van der Waals surface area contributed by atoms with Crippen LogP contribution in [0.5, 0.6) is 5.75 Å². The molecule has 0 fully saturated rings. The van der Waals surface area contributed by atoms with E-state index in [1.54, 1.807) is 18.4 Å². The van der Waals surface area contributed by atoms with Gasteiger partial charge in [-0.15, -0.1) is 11.3 Å². The predicted molar refractivity (Wildman–Crippen MR) is 83.8 cm³/mol. The highest BCUT2D eigenvalue weighted by atomic mass is 79.9. The first kappa shape index (κ1) is 14.5. The van der Waals surface area contributed by atoms with Crippen LogP contribution in [-0.4, -0.2) is 18.1 Å². The maximum absolute atomic E-state index is 5.39. The summed E-state index contributed by atoms with van der Waals surface area (Å²) in [5.74, 6) is 0.848. The van der Waals surface area contributed by atoms with E-state index in [9.17, 15) is 0 Å².